The zero-order valence-electron chi connectivity index (χ0n) is 13.2. The van der Waals surface area contributed by atoms with Gasteiger partial charge in [0.2, 0.25) is 0 Å². The van der Waals surface area contributed by atoms with Crippen LogP contribution in [0.2, 0.25) is 0 Å². The minimum Gasteiger partial charge on any atom is -0.399 e. The van der Waals surface area contributed by atoms with Crippen LogP contribution in [0.1, 0.15) is 56.2 Å². The van der Waals surface area contributed by atoms with Crippen LogP contribution in [0, 0.1) is 6.92 Å². The summed E-state index contributed by atoms with van der Waals surface area (Å²) < 4.78 is 0. The first kappa shape index (κ1) is 14.6. The highest BCUT2D eigenvalue weighted by atomic mass is 14.5. The molecule has 0 aliphatic heterocycles. The molecule has 1 nitrogen and oxygen atoms in total. The van der Waals surface area contributed by atoms with E-state index in [0.717, 1.165) is 11.3 Å². The summed E-state index contributed by atoms with van der Waals surface area (Å²) >= 11 is 0. The van der Waals surface area contributed by atoms with Crippen LogP contribution in [0.5, 0.6) is 0 Å². The van der Waals surface area contributed by atoms with Gasteiger partial charge < -0.3 is 5.73 Å². The number of nitrogen functional groups attached to an aromatic ring is 1. The van der Waals surface area contributed by atoms with Crippen LogP contribution < -0.4 is 5.73 Å². The molecule has 2 aromatic rings. The normalized spacial score (nSPS) is 11.3. The fourth-order valence-electron chi connectivity index (χ4n) is 2.52. The monoisotopic (exact) mass is 267 g/mol. The van der Waals surface area contributed by atoms with Crippen molar-refractivity contribution in [1.82, 2.24) is 0 Å². The van der Waals surface area contributed by atoms with E-state index in [-0.39, 0.29) is 0 Å². The Morgan fingerprint density at radius 2 is 1.55 bits per heavy atom. The Morgan fingerprint density at radius 1 is 0.850 bits per heavy atom. The van der Waals surface area contributed by atoms with Crippen molar-refractivity contribution >= 4 is 5.69 Å². The standard InChI is InChI=1S/C19H25N/c1-12(2)15-6-8-17(18(11-15)13(3)4)16-7-9-19(20)14(5)10-16/h6-13H,20H2,1-5H3. The molecule has 0 unspecified atom stereocenters. The molecule has 0 aromatic heterocycles. The molecule has 2 N–H and O–H groups in total. The number of benzene rings is 2. The third-order valence-electron chi connectivity index (χ3n) is 3.95. The molecule has 0 saturated carbocycles. The first-order valence-corrected chi connectivity index (χ1v) is 7.40. The van der Waals surface area contributed by atoms with Crippen molar-refractivity contribution in [3.63, 3.8) is 0 Å². The van der Waals surface area contributed by atoms with E-state index in [9.17, 15) is 0 Å². The molecule has 0 amide bonds. The van der Waals surface area contributed by atoms with Gasteiger partial charge in [-0.1, -0.05) is 52.0 Å². The minimum absolute atomic E-state index is 0.515. The third-order valence-corrected chi connectivity index (χ3v) is 3.95. The lowest BCUT2D eigenvalue weighted by Gasteiger charge is -2.17. The summed E-state index contributed by atoms with van der Waals surface area (Å²) in [5.74, 6) is 1.08. The second-order valence-electron chi connectivity index (χ2n) is 6.23. The zero-order valence-corrected chi connectivity index (χ0v) is 13.2. The molecular formula is C19H25N. The SMILES string of the molecule is Cc1cc(-c2ccc(C(C)C)cc2C(C)C)ccc1N. The maximum absolute atomic E-state index is 5.93. The first-order chi connectivity index (χ1) is 9.40. The van der Waals surface area contributed by atoms with Gasteiger partial charge in [-0.15, -0.1) is 0 Å². The first-order valence-electron chi connectivity index (χ1n) is 7.40. The lowest BCUT2D eigenvalue weighted by atomic mass is 9.88. The molecule has 0 saturated heterocycles. The van der Waals surface area contributed by atoms with Crippen LogP contribution in [-0.4, -0.2) is 0 Å². The third kappa shape index (κ3) is 2.87. The summed E-state index contributed by atoms with van der Waals surface area (Å²) in [5, 5.41) is 0. The predicted octanol–water partition coefficient (Wildman–Crippen LogP) is 5.49. The highest BCUT2D eigenvalue weighted by Gasteiger charge is 2.11. The number of nitrogens with two attached hydrogens (primary N) is 1. The number of anilines is 1. The Kier molecular flexibility index (Phi) is 4.17. The molecule has 0 atom stereocenters. The molecule has 20 heavy (non-hydrogen) atoms. The molecule has 0 bridgehead atoms. The van der Waals surface area contributed by atoms with E-state index in [0.29, 0.717) is 11.8 Å². The molecule has 0 aliphatic rings. The summed E-state index contributed by atoms with van der Waals surface area (Å²) in [6.45, 7) is 11.1. The Bertz CT molecular complexity index is 609. The van der Waals surface area contributed by atoms with Crippen molar-refractivity contribution in [2.75, 3.05) is 5.73 Å². The molecule has 0 spiro atoms. The van der Waals surface area contributed by atoms with E-state index in [4.69, 9.17) is 5.73 Å². The molecule has 0 heterocycles. The van der Waals surface area contributed by atoms with Crippen molar-refractivity contribution < 1.29 is 0 Å². The molecule has 1 heteroatoms. The maximum Gasteiger partial charge on any atom is 0.0344 e. The summed E-state index contributed by atoms with van der Waals surface area (Å²) in [4.78, 5) is 0. The lowest BCUT2D eigenvalue weighted by molar-refractivity contribution is 0.835. The smallest absolute Gasteiger partial charge is 0.0344 e. The van der Waals surface area contributed by atoms with E-state index in [1.54, 1.807) is 0 Å². The molecule has 0 radical (unpaired) electrons. The van der Waals surface area contributed by atoms with Gasteiger partial charge in [0, 0.05) is 5.69 Å². The summed E-state index contributed by atoms with van der Waals surface area (Å²) in [6.07, 6.45) is 0. The van der Waals surface area contributed by atoms with E-state index < -0.39 is 0 Å². The van der Waals surface area contributed by atoms with Crippen LogP contribution in [-0.2, 0) is 0 Å². The van der Waals surface area contributed by atoms with Crippen molar-refractivity contribution in [3.05, 3.63) is 53.1 Å². The van der Waals surface area contributed by atoms with E-state index in [1.165, 1.54) is 22.3 Å². The highest BCUT2D eigenvalue weighted by molar-refractivity contribution is 5.71. The quantitative estimate of drug-likeness (QED) is 0.731. The molecule has 0 aliphatic carbocycles. The van der Waals surface area contributed by atoms with E-state index >= 15 is 0 Å². The van der Waals surface area contributed by atoms with Gasteiger partial charge >= 0.3 is 0 Å². The number of aryl methyl sites for hydroxylation is 1. The zero-order chi connectivity index (χ0) is 14.9. The van der Waals surface area contributed by atoms with E-state index in [2.05, 4.69) is 65.0 Å². The molecule has 106 valence electrons. The van der Waals surface area contributed by atoms with Crippen LogP contribution in [0.15, 0.2) is 36.4 Å². The molecule has 0 fully saturated rings. The minimum atomic E-state index is 0.515. The second-order valence-corrected chi connectivity index (χ2v) is 6.23. The van der Waals surface area contributed by atoms with Crippen LogP contribution in [0.25, 0.3) is 11.1 Å². The van der Waals surface area contributed by atoms with Crippen molar-refractivity contribution in [1.29, 1.82) is 0 Å². The van der Waals surface area contributed by atoms with Gasteiger partial charge in [0.1, 0.15) is 0 Å². The number of rotatable bonds is 3. The highest BCUT2D eigenvalue weighted by Crippen LogP contribution is 2.33. The predicted molar refractivity (Wildman–Crippen MR) is 89.2 cm³/mol. The van der Waals surface area contributed by atoms with Gasteiger partial charge in [-0.3, -0.25) is 0 Å². The number of hydrogen-bond donors (Lipinski definition) is 1. The van der Waals surface area contributed by atoms with Gasteiger partial charge in [-0.2, -0.15) is 0 Å². The lowest BCUT2D eigenvalue weighted by Crippen LogP contribution is -1.97. The van der Waals surface area contributed by atoms with E-state index in [1.807, 2.05) is 6.07 Å². The average molecular weight is 267 g/mol. The largest absolute Gasteiger partial charge is 0.399 e. The van der Waals surface area contributed by atoms with Crippen LogP contribution in [0.3, 0.4) is 0 Å². The average Bonchev–Trinajstić information content (AvgIpc) is 2.41. The molecule has 2 aromatic carbocycles. The summed E-state index contributed by atoms with van der Waals surface area (Å²) in [6, 6.07) is 13.2. The second kappa shape index (κ2) is 5.70. The Hall–Kier alpha value is -1.76. The molecule has 2 rings (SSSR count). The van der Waals surface area contributed by atoms with Crippen molar-refractivity contribution in [2.24, 2.45) is 0 Å². The summed E-state index contributed by atoms with van der Waals surface area (Å²) in [7, 11) is 0. The fourth-order valence-corrected chi connectivity index (χ4v) is 2.52. The van der Waals surface area contributed by atoms with Gasteiger partial charge in [-0.25, -0.2) is 0 Å². The topological polar surface area (TPSA) is 26.0 Å². The van der Waals surface area contributed by atoms with Gasteiger partial charge in [-0.05, 0) is 58.7 Å². The van der Waals surface area contributed by atoms with Gasteiger partial charge in [0.25, 0.3) is 0 Å². The Labute approximate surface area is 122 Å². The Morgan fingerprint density at radius 3 is 2.10 bits per heavy atom. The molecular weight excluding hydrogens is 242 g/mol. The van der Waals surface area contributed by atoms with Crippen LogP contribution >= 0.6 is 0 Å². The van der Waals surface area contributed by atoms with Crippen molar-refractivity contribution in [2.45, 2.75) is 46.5 Å². The number of hydrogen-bond acceptors (Lipinski definition) is 1. The van der Waals surface area contributed by atoms with Crippen LogP contribution in [0.4, 0.5) is 5.69 Å². The fraction of sp³-hybridized carbons (Fsp3) is 0.368. The van der Waals surface area contributed by atoms with Crippen molar-refractivity contribution in [3.8, 4) is 11.1 Å². The van der Waals surface area contributed by atoms with Gasteiger partial charge in [0.05, 0.1) is 0 Å². The maximum atomic E-state index is 5.93. The van der Waals surface area contributed by atoms with Gasteiger partial charge in [0.15, 0.2) is 0 Å². The summed E-state index contributed by atoms with van der Waals surface area (Å²) in [5.41, 5.74) is 13.3. The Balaban J connectivity index is 2.58.